The van der Waals surface area contributed by atoms with E-state index in [0.29, 0.717) is 6.61 Å². The summed E-state index contributed by atoms with van der Waals surface area (Å²) in [6, 6.07) is 17.7. The van der Waals surface area contributed by atoms with Gasteiger partial charge in [-0.3, -0.25) is 4.79 Å². The van der Waals surface area contributed by atoms with E-state index in [0.717, 1.165) is 56.1 Å². The lowest BCUT2D eigenvalue weighted by Crippen LogP contribution is -3.14. The van der Waals surface area contributed by atoms with Gasteiger partial charge < -0.3 is 14.4 Å². The van der Waals surface area contributed by atoms with Crippen molar-refractivity contribution >= 4 is 5.78 Å². The molecule has 1 aliphatic heterocycles. The third-order valence-electron chi connectivity index (χ3n) is 4.82. The first-order chi connectivity index (χ1) is 12.8. The van der Waals surface area contributed by atoms with Crippen LogP contribution in [0.1, 0.15) is 35.2 Å². The number of ketones is 1. The third-order valence-corrected chi connectivity index (χ3v) is 4.82. The van der Waals surface area contributed by atoms with Crippen LogP contribution < -0.4 is 9.64 Å². The molecule has 0 saturated carbocycles. The number of carbonyl (C=O) groups is 1. The monoisotopic (exact) mass is 354 g/mol. The van der Waals surface area contributed by atoms with Gasteiger partial charge in [0, 0.05) is 5.56 Å². The number of quaternary nitrogens is 1. The summed E-state index contributed by atoms with van der Waals surface area (Å²) in [4.78, 5) is 14.7. The fourth-order valence-electron chi connectivity index (χ4n) is 3.34. The van der Waals surface area contributed by atoms with E-state index < -0.39 is 0 Å². The molecular weight excluding hydrogens is 326 g/mol. The summed E-state index contributed by atoms with van der Waals surface area (Å²) in [5.74, 6) is 0.863. The van der Waals surface area contributed by atoms with Gasteiger partial charge in [-0.2, -0.15) is 0 Å². The molecule has 1 aliphatic rings. The van der Waals surface area contributed by atoms with E-state index in [-0.39, 0.29) is 11.7 Å². The van der Waals surface area contributed by atoms with Crippen LogP contribution in [0.2, 0.25) is 0 Å². The molecule has 1 N–H and O–H groups in total. The Morgan fingerprint density at radius 3 is 2.42 bits per heavy atom. The van der Waals surface area contributed by atoms with Gasteiger partial charge in [-0.25, -0.2) is 0 Å². The quantitative estimate of drug-likeness (QED) is 0.740. The van der Waals surface area contributed by atoms with Crippen LogP contribution in [0.25, 0.3) is 0 Å². The van der Waals surface area contributed by atoms with Crippen molar-refractivity contribution in [3.8, 4) is 5.75 Å². The normalized spacial score (nSPS) is 16.2. The Kier molecular flexibility index (Phi) is 6.81. The molecule has 0 aromatic heterocycles. The number of hydrogen-bond acceptors (Lipinski definition) is 3. The summed E-state index contributed by atoms with van der Waals surface area (Å²) in [6.07, 6.45) is 0.971. The molecule has 0 bridgehead atoms. The van der Waals surface area contributed by atoms with E-state index in [1.54, 1.807) is 0 Å². The summed E-state index contributed by atoms with van der Waals surface area (Å²) in [7, 11) is 0. The van der Waals surface area contributed by atoms with Crippen LogP contribution in [-0.4, -0.2) is 45.2 Å². The van der Waals surface area contributed by atoms with Gasteiger partial charge in [-0.15, -0.1) is 0 Å². The van der Waals surface area contributed by atoms with Crippen molar-refractivity contribution in [1.82, 2.24) is 0 Å². The zero-order chi connectivity index (χ0) is 18.2. The first kappa shape index (κ1) is 18.6. The topological polar surface area (TPSA) is 40.0 Å². The molecule has 0 aliphatic carbocycles. The van der Waals surface area contributed by atoms with Crippen LogP contribution in [0, 0.1) is 0 Å². The van der Waals surface area contributed by atoms with Crippen molar-refractivity contribution in [2.75, 3.05) is 39.5 Å². The highest BCUT2D eigenvalue weighted by atomic mass is 16.5. The zero-order valence-corrected chi connectivity index (χ0v) is 15.4. The zero-order valence-electron chi connectivity index (χ0n) is 15.4. The Labute approximate surface area is 155 Å². The second-order valence-corrected chi connectivity index (χ2v) is 6.77. The number of benzene rings is 2. The molecule has 0 amide bonds. The molecule has 1 saturated heterocycles. The summed E-state index contributed by atoms with van der Waals surface area (Å²) in [5.41, 5.74) is 1.83. The number of carbonyl (C=O) groups excluding carboxylic acids is 1. The molecule has 4 nitrogen and oxygen atoms in total. The van der Waals surface area contributed by atoms with Crippen molar-refractivity contribution in [1.29, 1.82) is 0 Å². The van der Waals surface area contributed by atoms with Gasteiger partial charge in [0.15, 0.2) is 5.78 Å². The fraction of sp³-hybridized carbons (Fsp3) is 0.409. The van der Waals surface area contributed by atoms with Gasteiger partial charge in [-0.1, -0.05) is 37.3 Å². The lowest BCUT2D eigenvalue weighted by Gasteiger charge is -2.27. The maximum absolute atomic E-state index is 13.3. The largest absolute Gasteiger partial charge is 0.494 e. The van der Waals surface area contributed by atoms with E-state index in [1.165, 1.54) is 4.90 Å². The van der Waals surface area contributed by atoms with Crippen molar-refractivity contribution in [3.05, 3.63) is 65.7 Å². The second-order valence-electron chi connectivity index (χ2n) is 6.77. The Bertz CT molecular complexity index is 678. The van der Waals surface area contributed by atoms with Crippen LogP contribution in [0.15, 0.2) is 54.6 Å². The Hall–Kier alpha value is -2.17. The van der Waals surface area contributed by atoms with E-state index >= 15 is 0 Å². The molecule has 0 radical (unpaired) electrons. The highest BCUT2D eigenvalue weighted by Gasteiger charge is 2.28. The van der Waals surface area contributed by atoms with Crippen molar-refractivity contribution < 1.29 is 19.2 Å². The third kappa shape index (κ3) is 4.93. The molecule has 2 aromatic carbocycles. The van der Waals surface area contributed by atoms with Gasteiger partial charge in [0.05, 0.1) is 32.3 Å². The van der Waals surface area contributed by atoms with Crippen LogP contribution >= 0.6 is 0 Å². The highest BCUT2D eigenvalue weighted by Crippen LogP contribution is 2.22. The molecule has 1 fully saturated rings. The van der Waals surface area contributed by atoms with E-state index in [2.05, 4.69) is 19.1 Å². The molecule has 4 heteroatoms. The summed E-state index contributed by atoms with van der Waals surface area (Å²) in [5, 5.41) is 0. The van der Waals surface area contributed by atoms with Crippen LogP contribution in [-0.2, 0) is 4.74 Å². The van der Waals surface area contributed by atoms with Gasteiger partial charge in [0.1, 0.15) is 18.8 Å². The minimum atomic E-state index is -0.133. The molecule has 1 atom stereocenters. The molecule has 3 rings (SSSR count). The maximum atomic E-state index is 13.3. The Balaban J connectivity index is 1.77. The lowest BCUT2D eigenvalue weighted by atomic mass is 9.90. The molecule has 138 valence electrons. The predicted molar refractivity (Wildman–Crippen MR) is 102 cm³/mol. The van der Waals surface area contributed by atoms with Gasteiger partial charge in [0.25, 0.3) is 0 Å². The van der Waals surface area contributed by atoms with Gasteiger partial charge in [0.2, 0.25) is 0 Å². The number of nitrogens with one attached hydrogen (secondary N) is 1. The van der Waals surface area contributed by atoms with Crippen LogP contribution in [0.4, 0.5) is 0 Å². The summed E-state index contributed by atoms with van der Waals surface area (Å²) < 4.78 is 11.1. The number of morpholine rings is 1. The minimum Gasteiger partial charge on any atom is -0.494 e. The maximum Gasteiger partial charge on any atom is 0.175 e. The number of ether oxygens (including phenoxy) is 2. The van der Waals surface area contributed by atoms with Crippen molar-refractivity contribution in [3.63, 3.8) is 0 Å². The molecule has 0 unspecified atom stereocenters. The van der Waals surface area contributed by atoms with Gasteiger partial charge >= 0.3 is 0 Å². The van der Waals surface area contributed by atoms with Crippen LogP contribution in [0.3, 0.4) is 0 Å². The molecular formula is C22H28NO3+. The first-order valence-electron chi connectivity index (χ1n) is 9.51. The fourth-order valence-corrected chi connectivity index (χ4v) is 3.34. The molecule has 2 aromatic rings. The van der Waals surface area contributed by atoms with Crippen LogP contribution in [0.5, 0.6) is 5.75 Å². The predicted octanol–water partition coefficient (Wildman–Crippen LogP) is 2.36. The van der Waals surface area contributed by atoms with Gasteiger partial charge in [-0.05, 0) is 36.2 Å². The average Bonchev–Trinajstić information content (AvgIpc) is 2.72. The average molecular weight is 354 g/mol. The second kappa shape index (κ2) is 9.51. The van der Waals surface area contributed by atoms with E-state index in [9.17, 15) is 4.79 Å². The summed E-state index contributed by atoms with van der Waals surface area (Å²) >= 11 is 0. The smallest absolute Gasteiger partial charge is 0.175 e. The molecule has 0 spiro atoms. The first-order valence-corrected chi connectivity index (χ1v) is 9.51. The summed E-state index contributed by atoms with van der Waals surface area (Å²) in [6.45, 7) is 7.04. The van der Waals surface area contributed by atoms with E-state index in [4.69, 9.17) is 9.47 Å². The molecule has 1 heterocycles. The number of rotatable bonds is 8. The lowest BCUT2D eigenvalue weighted by molar-refractivity contribution is -0.908. The van der Waals surface area contributed by atoms with Crippen molar-refractivity contribution in [2.45, 2.75) is 19.3 Å². The highest BCUT2D eigenvalue weighted by molar-refractivity contribution is 6.01. The Morgan fingerprint density at radius 2 is 1.77 bits per heavy atom. The minimum absolute atomic E-state index is 0.133. The standard InChI is InChI=1S/C22H27NO3/c1-2-14-26-20-10-8-19(9-11-20)22(24)21(18-6-4-3-5-7-18)17-23-12-15-25-16-13-23/h3-11,21H,2,12-17H2,1H3/p+1/t21-/m0/s1. The van der Waals surface area contributed by atoms with E-state index in [1.807, 2.05) is 42.5 Å². The number of Topliss-reactive ketones (excluding diaryl/α,β-unsaturated/α-hetero) is 1. The Morgan fingerprint density at radius 1 is 1.08 bits per heavy atom. The van der Waals surface area contributed by atoms with Crippen molar-refractivity contribution in [2.24, 2.45) is 0 Å². The SMILES string of the molecule is CCCOc1ccc(C(=O)[C@@H](C[NH+]2CCOCC2)c2ccccc2)cc1. The molecule has 26 heavy (non-hydrogen) atoms. The number of hydrogen-bond donors (Lipinski definition) is 1.